The van der Waals surface area contributed by atoms with Gasteiger partial charge in [-0.1, -0.05) is 30.3 Å². The van der Waals surface area contributed by atoms with Gasteiger partial charge in [-0.2, -0.15) is 8.42 Å². The lowest BCUT2D eigenvalue weighted by atomic mass is 10.0. The molecule has 0 saturated carbocycles. The fraction of sp³-hybridized carbons (Fsp3) is 0.500. The molecule has 1 aromatic carbocycles. The van der Waals surface area contributed by atoms with Gasteiger partial charge < -0.3 is 4.74 Å². The van der Waals surface area contributed by atoms with Crippen molar-refractivity contribution in [1.29, 1.82) is 0 Å². The normalized spacial score (nSPS) is 15.3. The lowest BCUT2D eigenvalue weighted by Crippen LogP contribution is -2.55. The topological polar surface area (TPSA) is 95.7 Å². The summed E-state index contributed by atoms with van der Waals surface area (Å²) in [4.78, 5) is 12.2. The number of esters is 1. The molecule has 7 heteroatoms. The number of rotatable bonds is 5. The summed E-state index contributed by atoms with van der Waals surface area (Å²) in [7, 11) is -3.93. The van der Waals surface area contributed by atoms with Crippen molar-refractivity contribution in [1.82, 2.24) is 0 Å². The van der Waals surface area contributed by atoms with E-state index in [0.717, 1.165) is 6.26 Å². The van der Waals surface area contributed by atoms with Crippen LogP contribution in [0, 0.1) is 0 Å². The lowest BCUT2D eigenvalue weighted by Gasteiger charge is -2.30. The molecule has 0 spiro atoms. The molecule has 0 heterocycles. The molecule has 0 fully saturated rings. The minimum Gasteiger partial charge on any atom is -0.457 e. The lowest BCUT2D eigenvalue weighted by molar-refractivity contribution is -0.173. The van der Waals surface area contributed by atoms with Crippen LogP contribution in [0.3, 0.4) is 0 Å². The average Bonchev–Trinajstić information content (AvgIpc) is 2.25. The maximum atomic E-state index is 12.2. The summed E-state index contributed by atoms with van der Waals surface area (Å²) >= 11 is 0. The maximum absolute atomic E-state index is 12.2. The van der Waals surface area contributed by atoms with Crippen molar-refractivity contribution >= 4 is 16.1 Å². The second kappa shape index (κ2) is 6.13. The van der Waals surface area contributed by atoms with Crippen LogP contribution in [-0.2, 0) is 30.3 Å². The smallest absolute Gasteiger partial charge is 0.355 e. The predicted molar refractivity (Wildman–Crippen MR) is 78.8 cm³/mol. The van der Waals surface area contributed by atoms with Crippen LogP contribution in [-0.4, -0.2) is 32.0 Å². The molecular weight excluding hydrogens is 294 g/mol. The highest BCUT2D eigenvalue weighted by atomic mass is 32.2. The molecule has 1 rings (SSSR count). The van der Waals surface area contributed by atoms with Crippen LogP contribution in [0.1, 0.15) is 26.3 Å². The van der Waals surface area contributed by atoms with Gasteiger partial charge in [0.25, 0.3) is 10.1 Å². The number of hydrogen-bond donors (Lipinski definition) is 1. The van der Waals surface area contributed by atoms with Gasteiger partial charge in [-0.05, 0) is 26.3 Å². The second-order valence-electron chi connectivity index (χ2n) is 5.84. The Kier molecular flexibility index (Phi) is 5.14. The molecule has 0 saturated heterocycles. The zero-order chi connectivity index (χ0) is 16.3. The van der Waals surface area contributed by atoms with Crippen molar-refractivity contribution in [2.45, 2.75) is 38.5 Å². The molecule has 118 valence electrons. The molecule has 0 aliphatic carbocycles. The Morgan fingerprint density at radius 1 is 1.19 bits per heavy atom. The minimum atomic E-state index is -3.93. The predicted octanol–water partition coefficient (Wildman–Crippen LogP) is 1.20. The summed E-state index contributed by atoms with van der Waals surface area (Å²) < 4.78 is 32.8. The zero-order valence-corrected chi connectivity index (χ0v) is 13.4. The van der Waals surface area contributed by atoms with Crippen LogP contribution in [0.5, 0.6) is 0 Å². The Hall–Kier alpha value is -1.44. The monoisotopic (exact) mass is 315 g/mol. The molecule has 0 aromatic heterocycles. The van der Waals surface area contributed by atoms with Crippen LogP contribution in [0.15, 0.2) is 30.3 Å². The third-order valence-electron chi connectivity index (χ3n) is 2.35. The standard InChI is InChI=1S/C14H21NO5S/c1-13(2,3)19-12(16)14(15,20-21(4,17)18)10-11-8-6-5-7-9-11/h5-9H,10,15H2,1-4H3. The summed E-state index contributed by atoms with van der Waals surface area (Å²) in [6.07, 6.45) is 0.722. The zero-order valence-electron chi connectivity index (χ0n) is 12.6. The molecule has 0 aliphatic rings. The molecule has 1 aromatic rings. The van der Waals surface area contributed by atoms with E-state index in [1.54, 1.807) is 51.1 Å². The van der Waals surface area contributed by atoms with Gasteiger partial charge in [0.15, 0.2) is 0 Å². The Labute approximate surface area is 125 Å². The molecular formula is C14H21NO5S. The van der Waals surface area contributed by atoms with E-state index in [-0.39, 0.29) is 6.42 Å². The molecule has 21 heavy (non-hydrogen) atoms. The van der Waals surface area contributed by atoms with Gasteiger partial charge in [-0.25, -0.2) is 8.98 Å². The quantitative estimate of drug-likeness (QED) is 0.498. The Morgan fingerprint density at radius 2 is 1.71 bits per heavy atom. The number of ether oxygens (including phenoxy) is 1. The van der Waals surface area contributed by atoms with Gasteiger partial charge >= 0.3 is 5.97 Å². The highest BCUT2D eigenvalue weighted by Gasteiger charge is 2.42. The molecule has 0 amide bonds. The van der Waals surface area contributed by atoms with Gasteiger partial charge in [-0.15, -0.1) is 0 Å². The first-order valence-electron chi connectivity index (χ1n) is 6.38. The van der Waals surface area contributed by atoms with Crippen molar-refractivity contribution in [3.8, 4) is 0 Å². The van der Waals surface area contributed by atoms with Gasteiger partial charge in [-0.3, -0.25) is 5.73 Å². The van der Waals surface area contributed by atoms with Gasteiger partial charge in [0, 0.05) is 6.42 Å². The first kappa shape index (κ1) is 17.6. The number of carbonyl (C=O) groups excluding carboxylic acids is 1. The van der Waals surface area contributed by atoms with Crippen LogP contribution in [0.2, 0.25) is 0 Å². The van der Waals surface area contributed by atoms with Crippen molar-refractivity contribution < 1.29 is 22.1 Å². The second-order valence-corrected chi connectivity index (χ2v) is 7.42. The molecule has 0 radical (unpaired) electrons. The van der Waals surface area contributed by atoms with Crippen LogP contribution < -0.4 is 5.73 Å². The van der Waals surface area contributed by atoms with E-state index in [9.17, 15) is 13.2 Å². The molecule has 1 atom stereocenters. The Morgan fingerprint density at radius 3 is 2.14 bits per heavy atom. The number of benzene rings is 1. The van der Waals surface area contributed by atoms with Gasteiger partial charge in [0.2, 0.25) is 5.72 Å². The first-order chi connectivity index (χ1) is 9.41. The fourth-order valence-corrected chi connectivity index (χ4v) is 2.34. The molecule has 2 N–H and O–H groups in total. The van der Waals surface area contributed by atoms with Crippen molar-refractivity contribution in [2.75, 3.05) is 6.26 Å². The summed E-state index contributed by atoms with van der Waals surface area (Å²) in [5.41, 5.74) is 3.65. The van der Waals surface area contributed by atoms with Crippen molar-refractivity contribution in [3.63, 3.8) is 0 Å². The van der Waals surface area contributed by atoms with Gasteiger partial charge in [0.1, 0.15) is 5.60 Å². The highest BCUT2D eigenvalue weighted by molar-refractivity contribution is 7.86. The number of carbonyl (C=O) groups is 1. The average molecular weight is 315 g/mol. The Bertz CT molecular complexity index is 592. The minimum absolute atomic E-state index is 0.115. The maximum Gasteiger partial charge on any atom is 0.355 e. The third-order valence-corrected chi connectivity index (χ3v) is 2.95. The van der Waals surface area contributed by atoms with Crippen LogP contribution in [0.25, 0.3) is 0 Å². The largest absolute Gasteiger partial charge is 0.457 e. The molecule has 6 nitrogen and oxygen atoms in total. The van der Waals surface area contributed by atoms with E-state index < -0.39 is 27.4 Å². The number of hydrogen-bond acceptors (Lipinski definition) is 6. The summed E-state index contributed by atoms with van der Waals surface area (Å²) in [5.74, 6) is -0.927. The van der Waals surface area contributed by atoms with Crippen LogP contribution >= 0.6 is 0 Å². The van der Waals surface area contributed by atoms with Gasteiger partial charge in [0.05, 0.1) is 6.26 Å². The number of nitrogens with two attached hydrogens (primary N) is 1. The molecule has 1 unspecified atom stereocenters. The fourth-order valence-electron chi connectivity index (χ4n) is 1.67. The van der Waals surface area contributed by atoms with E-state index in [0.29, 0.717) is 5.56 Å². The summed E-state index contributed by atoms with van der Waals surface area (Å²) in [5, 5.41) is 0. The van der Waals surface area contributed by atoms with Crippen LogP contribution in [0.4, 0.5) is 0 Å². The summed E-state index contributed by atoms with van der Waals surface area (Å²) in [6.45, 7) is 4.98. The Balaban J connectivity index is 3.08. The first-order valence-corrected chi connectivity index (χ1v) is 8.20. The molecule has 0 bridgehead atoms. The summed E-state index contributed by atoms with van der Waals surface area (Å²) in [6, 6.07) is 8.75. The van der Waals surface area contributed by atoms with Crippen molar-refractivity contribution in [2.24, 2.45) is 5.73 Å². The molecule has 0 aliphatic heterocycles. The third kappa shape index (κ3) is 6.24. The van der Waals surface area contributed by atoms with E-state index >= 15 is 0 Å². The highest BCUT2D eigenvalue weighted by Crippen LogP contribution is 2.20. The van der Waals surface area contributed by atoms with E-state index in [2.05, 4.69) is 0 Å². The van der Waals surface area contributed by atoms with Crippen molar-refractivity contribution in [3.05, 3.63) is 35.9 Å². The SMILES string of the molecule is CC(C)(C)OC(=O)C(N)(Cc1ccccc1)OS(C)(=O)=O. The van der Waals surface area contributed by atoms with E-state index in [4.69, 9.17) is 14.7 Å². The van der Waals surface area contributed by atoms with E-state index in [1.165, 1.54) is 0 Å². The van der Waals surface area contributed by atoms with E-state index in [1.807, 2.05) is 0 Å².